The summed E-state index contributed by atoms with van der Waals surface area (Å²) in [6, 6.07) is 0.0412. The van der Waals surface area contributed by atoms with Crippen molar-refractivity contribution in [2.75, 3.05) is 20.2 Å². The molecule has 1 unspecified atom stereocenters. The molecule has 2 rings (SSSR count). The van der Waals surface area contributed by atoms with E-state index in [0.29, 0.717) is 19.6 Å². The van der Waals surface area contributed by atoms with Crippen LogP contribution in [0.2, 0.25) is 0 Å². The molecule has 0 bridgehead atoms. The number of amides is 1. The zero-order chi connectivity index (χ0) is 16.2. The molecule has 0 saturated carbocycles. The first-order valence-electron chi connectivity index (χ1n) is 7.38. The van der Waals surface area contributed by atoms with Crippen LogP contribution in [-0.4, -0.2) is 58.9 Å². The largest absolute Gasteiger partial charge is 0.444 e. The van der Waals surface area contributed by atoms with Gasteiger partial charge in [0.05, 0.1) is 24.4 Å². The lowest BCUT2D eigenvalue weighted by atomic mass is 10.2. The molecule has 1 aromatic heterocycles. The van der Waals surface area contributed by atoms with Crippen LogP contribution < -0.4 is 5.32 Å². The molecular formula is C15H24N4O3. The fraction of sp³-hybridized carbons (Fsp3) is 0.667. The van der Waals surface area contributed by atoms with Crippen LogP contribution in [0.5, 0.6) is 0 Å². The van der Waals surface area contributed by atoms with Crippen molar-refractivity contribution in [1.29, 1.82) is 0 Å². The van der Waals surface area contributed by atoms with Gasteiger partial charge in [0.15, 0.2) is 0 Å². The molecule has 0 radical (unpaired) electrons. The average Bonchev–Trinajstić information content (AvgIpc) is 2.88. The lowest BCUT2D eigenvalue weighted by Gasteiger charge is -2.24. The van der Waals surface area contributed by atoms with Gasteiger partial charge in [-0.3, -0.25) is 9.97 Å². The second-order valence-corrected chi connectivity index (χ2v) is 6.34. The average molecular weight is 308 g/mol. The van der Waals surface area contributed by atoms with Crippen LogP contribution >= 0.6 is 0 Å². The Labute approximate surface area is 131 Å². The van der Waals surface area contributed by atoms with Crippen molar-refractivity contribution in [2.45, 2.75) is 45.1 Å². The molecule has 0 aromatic carbocycles. The Kier molecular flexibility index (Phi) is 5.31. The molecule has 1 N–H and O–H groups in total. The Bertz CT molecular complexity index is 489. The monoisotopic (exact) mass is 308 g/mol. The van der Waals surface area contributed by atoms with Crippen LogP contribution in [0.1, 0.15) is 26.5 Å². The first-order chi connectivity index (χ1) is 10.4. The number of ether oxygens (including phenoxy) is 2. The number of nitrogens with zero attached hydrogens (tertiary/aromatic N) is 3. The topological polar surface area (TPSA) is 76.6 Å². The summed E-state index contributed by atoms with van der Waals surface area (Å²) < 4.78 is 10.9. The van der Waals surface area contributed by atoms with Crippen LogP contribution in [-0.2, 0) is 16.0 Å². The van der Waals surface area contributed by atoms with Gasteiger partial charge in [-0.2, -0.15) is 0 Å². The van der Waals surface area contributed by atoms with E-state index in [1.54, 1.807) is 30.6 Å². The van der Waals surface area contributed by atoms with Crippen molar-refractivity contribution in [3.8, 4) is 0 Å². The van der Waals surface area contributed by atoms with E-state index in [0.717, 1.165) is 5.69 Å². The molecule has 1 aromatic rings. The summed E-state index contributed by atoms with van der Waals surface area (Å²) in [6.45, 7) is 7.23. The maximum atomic E-state index is 12.1. The lowest BCUT2D eigenvalue weighted by Crippen LogP contribution is -2.40. The van der Waals surface area contributed by atoms with E-state index in [4.69, 9.17) is 9.47 Å². The van der Waals surface area contributed by atoms with Crippen LogP contribution in [0.25, 0.3) is 0 Å². The fourth-order valence-electron chi connectivity index (χ4n) is 2.34. The molecule has 1 aliphatic heterocycles. The smallest absolute Gasteiger partial charge is 0.410 e. The van der Waals surface area contributed by atoms with Crippen molar-refractivity contribution in [2.24, 2.45) is 0 Å². The van der Waals surface area contributed by atoms with E-state index in [2.05, 4.69) is 15.3 Å². The SMILES string of the molecule is CO[C@H]1CN(C(=O)OC(C)(C)C)CC1NCc1cnccn1. The normalized spacial score (nSPS) is 21.9. The number of methoxy groups -OCH3 is 1. The third-order valence-corrected chi connectivity index (χ3v) is 3.38. The van der Waals surface area contributed by atoms with Crippen LogP contribution in [0.3, 0.4) is 0 Å². The highest BCUT2D eigenvalue weighted by atomic mass is 16.6. The zero-order valence-corrected chi connectivity index (χ0v) is 13.6. The van der Waals surface area contributed by atoms with Gasteiger partial charge in [0.25, 0.3) is 0 Å². The molecule has 0 spiro atoms. The molecule has 122 valence electrons. The maximum Gasteiger partial charge on any atom is 0.410 e. The van der Waals surface area contributed by atoms with Crippen LogP contribution in [0.4, 0.5) is 4.79 Å². The van der Waals surface area contributed by atoms with E-state index >= 15 is 0 Å². The highest BCUT2D eigenvalue weighted by Gasteiger charge is 2.37. The number of carbonyl (C=O) groups excluding carboxylic acids is 1. The van der Waals surface area contributed by atoms with Gasteiger partial charge in [0.2, 0.25) is 0 Å². The molecule has 1 saturated heterocycles. The second kappa shape index (κ2) is 7.02. The molecule has 2 heterocycles. The number of likely N-dealkylation sites (tertiary alicyclic amines) is 1. The number of hydrogen-bond donors (Lipinski definition) is 1. The first-order valence-corrected chi connectivity index (χ1v) is 7.38. The number of rotatable bonds is 4. The van der Waals surface area contributed by atoms with Crippen LogP contribution in [0.15, 0.2) is 18.6 Å². The Morgan fingerprint density at radius 3 is 2.77 bits per heavy atom. The number of hydrogen-bond acceptors (Lipinski definition) is 6. The summed E-state index contributed by atoms with van der Waals surface area (Å²) in [6.07, 6.45) is 4.64. The minimum atomic E-state index is -0.495. The summed E-state index contributed by atoms with van der Waals surface area (Å²) in [7, 11) is 1.65. The Hall–Kier alpha value is -1.73. The number of nitrogens with one attached hydrogen (secondary N) is 1. The zero-order valence-electron chi connectivity index (χ0n) is 13.6. The summed E-state index contributed by atoms with van der Waals surface area (Å²) >= 11 is 0. The molecule has 2 atom stereocenters. The van der Waals surface area contributed by atoms with Crippen molar-refractivity contribution < 1.29 is 14.3 Å². The minimum Gasteiger partial charge on any atom is -0.444 e. The van der Waals surface area contributed by atoms with E-state index < -0.39 is 5.60 Å². The van der Waals surface area contributed by atoms with Gasteiger partial charge < -0.3 is 19.7 Å². The van der Waals surface area contributed by atoms with Gasteiger partial charge in [0.1, 0.15) is 5.60 Å². The lowest BCUT2D eigenvalue weighted by molar-refractivity contribution is 0.0252. The Balaban J connectivity index is 1.90. The van der Waals surface area contributed by atoms with E-state index in [1.807, 2.05) is 20.8 Å². The Morgan fingerprint density at radius 2 is 2.18 bits per heavy atom. The predicted octanol–water partition coefficient (Wildman–Crippen LogP) is 1.20. The summed E-state index contributed by atoms with van der Waals surface area (Å²) in [5, 5.41) is 3.37. The summed E-state index contributed by atoms with van der Waals surface area (Å²) in [5.74, 6) is 0. The number of aromatic nitrogens is 2. The Morgan fingerprint density at radius 1 is 1.41 bits per heavy atom. The second-order valence-electron chi connectivity index (χ2n) is 6.34. The quantitative estimate of drug-likeness (QED) is 0.900. The molecule has 7 heteroatoms. The molecule has 0 aliphatic carbocycles. The highest BCUT2D eigenvalue weighted by Crippen LogP contribution is 2.17. The fourth-order valence-corrected chi connectivity index (χ4v) is 2.34. The van der Waals surface area contributed by atoms with Gasteiger partial charge in [-0.25, -0.2) is 4.79 Å². The van der Waals surface area contributed by atoms with Gasteiger partial charge in [-0.15, -0.1) is 0 Å². The van der Waals surface area contributed by atoms with Gasteiger partial charge in [0, 0.05) is 38.8 Å². The highest BCUT2D eigenvalue weighted by molar-refractivity contribution is 5.68. The van der Waals surface area contributed by atoms with Crippen molar-refractivity contribution in [3.63, 3.8) is 0 Å². The molecule has 1 aliphatic rings. The maximum absolute atomic E-state index is 12.1. The molecular weight excluding hydrogens is 284 g/mol. The molecule has 1 amide bonds. The number of carbonyl (C=O) groups is 1. The van der Waals surface area contributed by atoms with Gasteiger partial charge in [-0.05, 0) is 20.8 Å². The van der Waals surface area contributed by atoms with E-state index in [9.17, 15) is 4.79 Å². The standard InChI is InChI=1S/C15H24N4O3/c1-15(2,3)22-14(20)19-9-12(13(10-19)21-4)18-8-11-7-16-5-6-17-11/h5-7,12-13,18H,8-10H2,1-4H3/t12?,13-/m0/s1. The third kappa shape index (κ3) is 4.64. The summed E-state index contributed by atoms with van der Waals surface area (Å²) in [5.41, 5.74) is 0.359. The third-order valence-electron chi connectivity index (χ3n) is 3.38. The van der Waals surface area contributed by atoms with Crippen LogP contribution in [0, 0.1) is 0 Å². The predicted molar refractivity (Wildman–Crippen MR) is 81.3 cm³/mol. The first kappa shape index (κ1) is 16.6. The van der Waals surface area contributed by atoms with Crippen molar-refractivity contribution >= 4 is 6.09 Å². The van der Waals surface area contributed by atoms with E-state index in [-0.39, 0.29) is 18.2 Å². The van der Waals surface area contributed by atoms with Gasteiger partial charge >= 0.3 is 6.09 Å². The van der Waals surface area contributed by atoms with Crippen molar-refractivity contribution in [3.05, 3.63) is 24.3 Å². The molecule has 22 heavy (non-hydrogen) atoms. The summed E-state index contributed by atoms with van der Waals surface area (Å²) in [4.78, 5) is 22.1. The molecule has 1 fully saturated rings. The van der Waals surface area contributed by atoms with E-state index in [1.165, 1.54) is 0 Å². The molecule has 7 nitrogen and oxygen atoms in total. The van der Waals surface area contributed by atoms with Crippen molar-refractivity contribution in [1.82, 2.24) is 20.2 Å². The minimum absolute atomic E-state index is 0.0412. The van der Waals surface area contributed by atoms with Gasteiger partial charge in [-0.1, -0.05) is 0 Å².